The van der Waals surface area contributed by atoms with Gasteiger partial charge in [-0.2, -0.15) is 0 Å². The standard InChI is InChI=1S/C61H82N4O13S3/c1-38(2)14-9-16-40(5)18-11-21-60(7)51(66)34-44-49(75-58(71)62-24-28-80(73)29-25-62)32-42-46(53(44)77-60)36-64(55(42)68)23-13-20-48(57(70)79)65-37-47-43(56(65)69)33-50(76-59(72)63-26-30-81(74)31-27-63)45-35-52(67)61(8,78-54(45)47)22-12-19-41(6)17-10-15-39(3)4/h14-15,18-19,32-33,48,51-52,66-67H,9-13,16-17,20-31,34-37H2,1-8H3,(H,70,79)/b40-18+,41-19+/t48-,51-,52-,60+,61+/m0/s1. The summed E-state index contributed by atoms with van der Waals surface area (Å²) in [5.74, 6) is 1.32. The van der Waals surface area contributed by atoms with Crippen LogP contribution in [0.3, 0.4) is 0 Å². The van der Waals surface area contributed by atoms with E-state index < -0.39 is 74.3 Å². The molecule has 0 saturated carbocycles. The Labute approximate surface area is 487 Å². The zero-order chi connectivity index (χ0) is 58.5. The molecule has 2 aromatic rings. The van der Waals surface area contributed by atoms with E-state index in [9.17, 15) is 42.6 Å². The van der Waals surface area contributed by atoms with Crippen LogP contribution in [-0.2, 0) is 52.3 Å². The quantitative estimate of drug-likeness (QED) is 0.0836. The monoisotopic (exact) mass is 1170 g/mol. The van der Waals surface area contributed by atoms with Gasteiger partial charge in [0.1, 0.15) is 40.2 Å². The van der Waals surface area contributed by atoms with Gasteiger partial charge in [0.05, 0.1) is 36.4 Å². The topological polar surface area (TPSA) is 210 Å². The predicted molar refractivity (Wildman–Crippen MR) is 316 cm³/mol. The molecule has 81 heavy (non-hydrogen) atoms. The zero-order valence-electron chi connectivity index (χ0n) is 48.4. The molecule has 20 heteroatoms. The number of ether oxygens (including phenoxy) is 4. The first kappa shape index (κ1) is 61.8. The van der Waals surface area contributed by atoms with Gasteiger partial charge in [-0.05, 0) is 132 Å². The molecule has 6 heterocycles. The number of carbonyl (C=O) groups excluding carboxylic acids is 5. The molecular formula is C61H82N4O13S3. The van der Waals surface area contributed by atoms with Crippen LogP contribution in [-0.4, -0.2) is 153 Å². The number of thiol groups is 1. The van der Waals surface area contributed by atoms with E-state index in [0.717, 1.165) is 25.7 Å². The fourth-order valence-electron chi connectivity index (χ4n) is 11.5. The number of aliphatic hydroxyl groups is 2. The van der Waals surface area contributed by atoms with Gasteiger partial charge in [0.15, 0.2) is 0 Å². The average Bonchev–Trinajstić information content (AvgIpc) is 3.78. The minimum atomic E-state index is -1.09. The van der Waals surface area contributed by atoms with E-state index in [4.69, 9.17) is 18.9 Å². The third-order valence-electron chi connectivity index (χ3n) is 16.7. The van der Waals surface area contributed by atoms with Crippen molar-refractivity contribution in [2.45, 2.75) is 175 Å². The van der Waals surface area contributed by atoms with Crippen molar-refractivity contribution in [3.63, 3.8) is 0 Å². The van der Waals surface area contributed by atoms with Crippen LogP contribution in [0.15, 0.2) is 58.7 Å². The number of rotatable bonds is 20. The van der Waals surface area contributed by atoms with Crippen molar-refractivity contribution in [1.29, 1.82) is 0 Å². The second-order valence-corrected chi connectivity index (χ2v) is 27.4. The molecular weight excluding hydrogens is 1090 g/mol. The molecule has 0 radical (unpaired) electrons. The van der Waals surface area contributed by atoms with Crippen molar-refractivity contribution in [2.75, 3.05) is 55.7 Å². The summed E-state index contributed by atoms with van der Waals surface area (Å²) >= 11 is 4.31. The van der Waals surface area contributed by atoms with Crippen LogP contribution in [0.5, 0.6) is 23.0 Å². The van der Waals surface area contributed by atoms with E-state index >= 15 is 0 Å². The van der Waals surface area contributed by atoms with Gasteiger partial charge in [-0.3, -0.25) is 22.8 Å². The Bertz CT molecular complexity index is 2940. The number of hydrogen-bond acceptors (Lipinski definition) is 13. The third kappa shape index (κ3) is 14.6. The molecule has 6 aliphatic rings. The number of allylic oxidation sites excluding steroid dienone is 8. The van der Waals surface area contributed by atoms with Gasteiger partial charge >= 0.3 is 12.2 Å². The van der Waals surface area contributed by atoms with Crippen molar-refractivity contribution in [1.82, 2.24) is 19.6 Å². The lowest BCUT2D eigenvalue weighted by Gasteiger charge is -2.41. The third-order valence-corrected chi connectivity index (χ3v) is 19.6. The van der Waals surface area contributed by atoms with E-state index in [0.29, 0.717) is 82.4 Å². The zero-order valence-corrected chi connectivity index (χ0v) is 50.9. The lowest BCUT2D eigenvalue weighted by Crippen LogP contribution is -2.49. The summed E-state index contributed by atoms with van der Waals surface area (Å²) in [6.45, 7) is 17.5. The van der Waals surface area contributed by atoms with Crippen molar-refractivity contribution >= 4 is 63.3 Å². The number of carbonyl (C=O) groups is 5. The Balaban J connectivity index is 1.01. The van der Waals surface area contributed by atoms with E-state index in [1.54, 1.807) is 11.0 Å². The molecule has 4 amide bonds. The first-order valence-corrected chi connectivity index (χ1v) is 32.0. The molecule has 2 saturated heterocycles. The Morgan fingerprint density at radius 2 is 1.10 bits per heavy atom. The highest BCUT2D eigenvalue weighted by Gasteiger charge is 2.48. The van der Waals surface area contributed by atoms with Gasteiger partial charge in [-0.15, -0.1) is 12.6 Å². The second kappa shape index (κ2) is 26.5. The predicted octanol–water partition coefficient (Wildman–Crippen LogP) is 9.08. The maximum atomic E-state index is 14.7. The largest absolute Gasteiger partial charge is 0.484 e. The molecule has 0 bridgehead atoms. The molecule has 5 atom stereocenters. The molecule has 0 unspecified atom stereocenters. The summed E-state index contributed by atoms with van der Waals surface area (Å²) in [6.07, 6.45) is 11.9. The smallest absolute Gasteiger partial charge is 0.415 e. The number of aliphatic hydroxyl groups excluding tert-OH is 2. The van der Waals surface area contributed by atoms with Crippen LogP contribution in [0.25, 0.3) is 0 Å². The van der Waals surface area contributed by atoms with Gasteiger partial charge in [0, 0.05) is 112 Å². The van der Waals surface area contributed by atoms with Crippen LogP contribution < -0.4 is 18.9 Å². The second-order valence-electron chi connectivity index (χ2n) is 23.6. The van der Waals surface area contributed by atoms with Crippen molar-refractivity contribution in [2.24, 2.45) is 0 Å². The van der Waals surface area contributed by atoms with E-state index in [-0.39, 0.29) is 100 Å². The first-order chi connectivity index (χ1) is 38.4. The van der Waals surface area contributed by atoms with Crippen molar-refractivity contribution < 1.29 is 61.6 Å². The van der Waals surface area contributed by atoms with Gasteiger partial charge < -0.3 is 48.8 Å². The summed E-state index contributed by atoms with van der Waals surface area (Å²) in [5, 5.41) is 23.0. The first-order valence-electron chi connectivity index (χ1n) is 28.6. The van der Waals surface area contributed by atoms with E-state index in [2.05, 4.69) is 78.5 Å². The molecule has 0 aliphatic carbocycles. The molecule has 17 nitrogen and oxygen atoms in total. The molecule has 6 aliphatic heterocycles. The highest BCUT2D eigenvalue weighted by Crippen LogP contribution is 2.49. The SMILES string of the molecule is CC(C)=CCC/C(C)=C/CC[C@@]1(C)Oc2c(c(OC(=O)N3CCS(=O)CC3)cc3c2CN(CCC[C@@H](C(=O)S)N2Cc4c(cc(OC(=O)N5CCS(=O)CC5)c5c4O[C@](C)(CC/C=C(\C)CCC=C(C)C)[C@@H](O)C5)C2=O)C3=O)C[C@@H]1O. The fraction of sp³-hybridized carbons (Fsp3) is 0.590. The molecule has 0 spiro atoms. The molecule has 8 rings (SSSR count). The van der Waals surface area contributed by atoms with Gasteiger partial charge in [0.2, 0.25) is 5.12 Å². The van der Waals surface area contributed by atoms with Gasteiger partial charge in [0.25, 0.3) is 11.8 Å². The van der Waals surface area contributed by atoms with Crippen molar-refractivity contribution in [3.05, 3.63) is 92.1 Å². The summed E-state index contributed by atoms with van der Waals surface area (Å²) in [7, 11) is -2.08. The Kier molecular flexibility index (Phi) is 20.2. The summed E-state index contributed by atoms with van der Waals surface area (Å²) in [6, 6.07) is 2.00. The van der Waals surface area contributed by atoms with Gasteiger partial charge in [-0.25, -0.2) is 9.59 Å². The summed E-state index contributed by atoms with van der Waals surface area (Å²) in [4.78, 5) is 76.2. The number of nitrogens with zero attached hydrogens (tertiary/aromatic N) is 4. The van der Waals surface area contributed by atoms with Crippen LogP contribution in [0.2, 0.25) is 0 Å². The lowest BCUT2D eigenvalue weighted by atomic mass is 9.84. The Morgan fingerprint density at radius 1 is 0.667 bits per heavy atom. The van der Waals surface area contributed by atoms with Crippen LogP contribution in [0, 0.1) is 0 Å². The lowest BCUT2D eigenvalue weighted by molar-refractivity contribution is -0.115. The fourth-order valence-corrected chi connectivity index (χ4v) is 13.9. The molecule has 442 valence electrons. The average molecular weight is 1180 g/mol. The molecule has 2 N–H and O–H groups in total. The number of amides is 4. The van der Waals surface area contributed by atoms with E-state index in [1.807, 2.05) is 13.8 Å². The normalized spacial score (nSPS) is 23.4. The Morgan fingerprint density at radius 3 is 1.53 bits per heavy atom. The Hall–Kier alpha value is -5.28. The minimum Gasteiger partial charge on any atom is -0.484 e. The maximum Gasteiger partial charge on any atom is 0.415 e. The highest BCUT2D eigenvalue weighted by molar-refractivity contribution is 7.96. The van der Waals surface area contributed by atoms with Crippen molar-refractivity contribution in [3.8, 4) is 23.0 Å². The molecule has 2 aromatic carbocycles. The molecule has 0 aromatic heterocycles. The number of hydrogen-bond donors (Lipinski definition) is 3. The number of benzene rings is 2. The maximum absolute atomic E-state index is 14.7. The number of fused-ring (bicyclic) bond motifs is 6. The van der Waals surface area contributed by atoms with Gasteiger partial charge in [-0.1, -0.05) is 46.6 Å². The van der Waals surface area contributed by atoms with Crippen LogP contribution >= 0.6 is 12.6 Å². The molecule has 2 fully saturated rings. The summed E-state index contributed by atoms with van der Waals surface area (Å²) in [5.41, 5.74) is 5.32. The summed E-state index contributed by atoms with van der Waals surface area (Å²) < 4.78 is 50.0. The highest BCUT2D eigenvalue weighted by atomic mass is 32.2. The van der Waals surface area contributed by atoms with E-state index in [1.165, 1.54) is 43.1 Å². The van der Waals surface area contributed by atoms with Crippen LogP contribution in [0.1, 0.15) is 163 Å². The minimum absolute atomic E-state index is 0.0284. The van der Waals surface area contributed by atoms with Crippen LogP contribution in [0.4, 0.5) is 9.59 Å².